The highest BCUT2D eigenvalue weighted by atomic mass is 16.5. The number of benzene rings is 2. The van der Waals surface area contributed by atoms with E-state index in [0.717, 1.165) is 17.0 Å². The number of aromatic nitrogens is 4. The Kier molecular flexibility index (Phi) is 5.03. The van der Waals surface area contributed by atoms with Crippen LogP contribution < -0.4 is 15.6 Å². The van der Waals surface area contributed by atoms with Gasteiger partial charge in [-0.15, -0.1) is 0 Å². The highest BCUT2D eigenvalue weighted by Crippen LogP contribution is 2.17. The fraction of sp³-hybridized carbons (Fsp3) is 0.227. The van der Waals surface area contributed by atoms with Crippen molar-refractivity contribution >= 4 is 11.5 Å². The molecule has 7 nitrogen and oxygen atoms in total. The second kappa shape index (κ2) is 7.79. The predicted octanol–water partition coefficient (Wildman–Crippen LogP) is 3.25. The van der Waals surface area contributed by atoms with Crippen LogP contribution in [-0.2, 0) is 13.0 Å². The summed E-state index contributed by atoms with van der Waals surface area (Å²) in [5, 5.41) is 6.34. The average molecular weight is 389 g/mol. The van der Waals surface area contributed by atoms with Crippen molar-refractivity contribution in [1.29, 1.82) is 0 Å². The van der Waals surface area contributed by atoms with Gasteiger partial charge in [0.15, 0.2) is 0 Å². The van der Waals surface area contributed by atoms with Gasteiger partial charge >= 0.3 is 0 Å². The summed E-state index contributed by atoms with van der Waals surface area (Å²) in [5.41, 5.74) is 4.43. The third-order valence-electron chi connectivity index (χ3n) is 4.87. The molecule has 2 aromatic heterocycles. The Morgan fingerprint density at radius 1 is 1.10 bits per heavy atom. The Morgan fingerprint density at radius 2 is 1.90 bits per heavy atom. The van der Waals surface area contributed by atoms with Crippen LogP contribution in [0.2, 0.25) is 0 Å². The number of fused-ring (bicyclic) bond motifs is 1. The topological polar surface area (TPSA) is 84.3 Å². The van der Waals surface area contributed by atoms with Gasteiger partial charge in [-0.3, -0.25) is 9.89 Å². The van der Waals surface area contributed by atoms with Crippen molar-refractivity contribution in [2.45, 2.75) is 26.8 Å². The molecule has 4 aromatic rings. The smallest absolute Gasteiger partial charge is 0.277 e. The summed E-state index contributed by atoms with van der Waals surface area (Å²) in [7, 11) is 1.63. The number of anilines is 1. The highest BCUT2D eigenvalue weighted by Gasteiger charge is 2.14. The van der Waals surface area contributed by atoms with Crippen molar-refractivity contribution in [2.24, 2.45) is 0 Å². The van der Waals surface area contributed by atoms with Crippen LogP contribution in [0.1, 0.15) is 28.2 Å². The molecule has 29 heavy (non-hydrogen) atoms. The maximum absolute atomic E-state index is 13.0. The number of aryl methyl sites for hydroxylation is 2. The predicted molar refractivity (Wildman–Crippen MR) is 113 cm³/mol. The number of methoxy groups -OCH3 is 1. The zero-order valence-electron chi connectivity index (χ0n) is 16.7. The van der Waals surface area contributed by atoms with Gasteiger partial charge in [-0.25, -0.2) is 4.98 Å². The van der Waals surface area contributed by atoms with E-state index < -0.39 is 0 Å². The van der Waals surface area contributed by atoms with Gasteiger partial charge in [-0.2, -0.15) is 9.50 Å². The monoisotopic (exact) mass is 389 g/mol. The lowest BCUT2D eigenvalue weighted by Crippen LogP contribution is -2.22. The lowest BCUT2D eigenvalue weighted by Gasteiger charge is -2.06. The number of nitrogens with one attached hydrogen (secondary N) is 2. The Labute approximate surface area is 168 Å². The normalized spacial score (nSPS) is 11.0. The van der Waals surface area contributed by atoms with Crippen LogP contribution in [0, 0.1) is 13.8 Å². The molecule has 0 spiro atoms. The molecule has 0 fully saturated rings. The molecule has 0 bridgehead atoms. The van der Waals surface area contributed by atoms with Crippen LogP contribution in [0.25, 0.3) is 5.78 Å². The fourth-order valence-electron chi connectivity index (χ4n) is 3.21. The third-order valence-corrected chi connectivity index (χ3v) is 4.87. The van der Waals surface area contributed by atoms with Crippen LogP contribution in [0.15, 0.2) is 53.3 Å². The van der Waals surface area contributed by atoms with Crippen molar-refractivity contribution in [3.63, 3.8) is 0 Å². The fourth-order valence-corrected chi connectivity index (χ4v) is 3.21. The first-order valence-electron chi connectivity index (χ1n) is 9.44. The standard InChI is InChI=1S/C22H23N5O2/c1-14-7-9-16(10-8-14)11-19-15(2)24-22-25-20(26-27(22)21(19)28)13-23-17-5-4-6-18(12-17)29-3/h4-10,12,23H,11,13H2,1-3H3,(H,24,25,26). The van der Waals surface area contributed by atoms with Gasteiger partial charge in [0.2, 0.25) is 0 Å². The minimum absolute atomic E-state index is 0.117. The van der Waals surface area contributed by atoms with Crippen LogP contribution in [0.4, 0.5) is 5.69 Å². The van der Waals surface area contributed by atoms with E-state index in [2.05, 4.69) is 20.4 Å². The zero-order valence-corrected chi connectivity index (χ0v) is 16.7. The SMILES string of the molecule is COc1cccc(NCc2nc3nc(C)c(Cc4ccc(C)cc4)c(=O)n3[nH]2)c1. The zero-order chi connectivity index (χ0) is 20.4. The molecule has 0 saturated heterocycles. The molecule has 0 amide bonds. The molecule has 148 valence electrons. The van der Waals surface area contributed by atoms with Gasteiger partial charge in [0, 0.05) is 23.7 Å². The third kappa shape index (κ3) is 3.99. The second-order valence-electron chi connectivity index (χ2n) is 7.03. The lowest BCUT2D eigenvalue weighted by molar-refractivity contribution is 0.415. The molecule has 0 aliphatic rings. The molecule has 7 heteroatoms. The van der Waals surface area contributed by atoms with Gasteiger partial charge in [-0.1, -0.05) is 35.9 Å². The molecular weight excluding hydrogens is 366 g/mol. The largest absolute Gasteiger partial charge is 0.497 e. The summed E-state index contributed by atoms with van der Waals surface area (Å²) >= 11 is 0. The van der Waals surface area contributed by atoms with Crippen molar-refractivity contribution in [1.82, 2.24) is 19.6 Å². The van der Waals surface area contributed by atoms with Gasteiger partial charge in [0.1, 0.15) is 11.6 Å². The summed E-state index contributed by atoms with van der Waals surface area (Å²) in [5.74, 6) is 1.78. The number of ether oxygens (including phenoxy) is 1. The minimum Gasteiger partial charge on any atom is -0.497 e. The highest BCUT2D eigenvalue weighted by molar-refractivity contribution is 5.48. The number of aromatic amines is 1. The average Bonchev–Trinajstić information content (AvgIpc) is 3.14. The molecule has 0 unspecified atom stereocenters. The summed E-state index contributed by atoms with van der Waals surface area (Å²) in [6.45, 7) is 4.33. The van der Waals surface area contributed by atoms with Crippen LogP contribution in [0.5, 0.6) is 5.75 Å². The summed E-state index contributed by atoms with van der Waals surface area (Å²) in [6.07, 6.45) is 0.539. The van der Waals surface area contributed by atoms with E-state index >= 15 is 0 Å². The van der Waals surface area contributed by atoms with E-state index in [0.29, 0.717) is 35.8 Å². The molecule has 2 heterocycles. The number of rotatable bonds is 6. The first kappa shape index (κ1) is 18.7. The van der Waals surface area contributed by atoms with Gasteiger partial charge in [0.05, 0.1) is 19.3 Å². The molecule has 0 aliphatic carbocycles. The molecule has 0 atom stereocenters. The van der Waals surface area contributed by atoms with E-state index in [1.54, 1.807) is 7.11 Å². The Morgan fingerprint density at radius 3 is 2.66 bits per heavy atom. The first-order valence-corrected chi connectivity index (χ1v) is 9.44. The summed E-state index contributed by atoms with van der Waals surface area (Å²) in [4.78, 5) is 22.0. The molecule has 0 saturated carbocycles. The Balaban J connectivity index is 1.59. The number of hydrogen-bond acceptors (Lipinski definition) is 5. The number of nitrogens with zero attached hydrogens (tertiary/aromatic N) is 3. The number of H-pyrrole nitrogens is 1. The second-order valence-corrected chi connectivity index (χ2v) is 7.03. The minimum atomic E-state index is -0.117. The van der Waals surface area contributed by atoms with Crippen molar-refractivity contribution in [3.8, 4) is 5.75 Å². The van der Waals surface area contributed by atoms with Gasteiger partial charge in [-0.05, 0) is 31.5 Å². The van der Waals surface area contributed by atoms with Crippen LogP contribution >= 0.6 is 0 Å². The maximum atomic E-state index is 13.0. The molecule has 2 N–H and O–H groups in total. The van der Waals surface area contributed by atoms with E-state index in [4.69, 9.17) is 4.74 Å². The van der Waals surface area contributed by atoms with E-state index in [9.17, 15) is 4.79 Å². The lowest BCUT2D eigenvalue weighted by atomic mass is 10.0. The Bertz CT molecular complexity index is 1210. The quantitative estimate of drug-likeness (QED) is 0.529. The molecule has 2 aromatic carbocycles. The van der Waals surface area contributed by atoms with Crippen LogP contribution in [0.3, 0.4) is 0 Å². The van der Waals surface area contributed by atoms with Crippen LogP contribution in [-0.4, -0.2) is 26.7 Å². The van der Waals surface area contributed by atoms with Crippen molar-refractivity contribution in [2.75, 3.05) is 12.4 Å². The van der Waals surface area contributed by atoms with E-state index in [-0.39, 0.29) is 5.56 Å². The van der Waals surface area contributed by atoms with Gasteiger partial charge < -0.3 is 10.1 Å². The van der Waals surface area contributed by atoms with Gasteiger partial charge in [0.25, 0.3) is 11.3 Å². The molecule has 4 rings (SSSR count). The molecule has 0 aliphatic heterocycles. The summed E-state index contributed by atoms with van der Waals surface area (Å²) < 4.78 is 6.65. The molecule has 0 radical (unpaired) electrons. The van der Waals surface area contributed by atoms with E-state index in [1.165, 1.54) is 10.1 Å². The Hall–Kier alpha value is -3.61. The summed E-state index contributed by atoms with van der Waals surface area (Å²) in [6, 6.07) is 15.8. The van der Waals surface area contributed by atoms with E-state index in [1.807, 2.05) is 62.4 Å². The first-order chi connectivity index (χ1) is 14.0. The van der Waals surface area contributed by atoms with Crippen molar-refractivity contribution in [3.05, 3.63) is 87.1 Å². The number of hydrogen-bond donors (Lipinski definition) is 2. The maximum Gasteiger partial charge on any atom is 0.277 e. The van der Waals surface area contributed by atoms with Crippen molar-refractivity contribution < 1.29 is 4.74 Å². The molecular formula is C22H23N5O2.